The third-order valence-corrected chi connectivity index (χ3v) is 5.63. The lowest BCUT2D eigenvalue weighted by molar-refractivity contribution is 0.0953. The number of carbonyl (C=O) groups excluding carboxylic acids is 1. The van der Waals surface area contributed by atoms with Gasteiger partial charge in [-0.2, -0.15) is 15.0 Å². The van der Waals surface area contributed by atoms with Crippen LogP contribution in [-0.4, -0.2) is 60.1 Å². The van der Waals surface area contributed by atoms with Gasteiger partial charge in [0.1, 0.15) is 0 Å². The second-order valence-electron chi connectivity index (χ2n) is 10.3. The number of nitrogens with one attached hydrogen (secondary N) is 4. The molecule has 0 spiro atoms. The number of hydrogen-bond donors (Lipinski definition) is 4. The summed E-state index contributed by atoms with van der Waals surface area (Å²) in [6.07, 6.45) is 3.03. The highest BCUT2D eigenvalue weighted by molar-refractivity contribution is 5.95. The Bertz CT molecular complexity index is 966. The lowest BCUT2D eigenvalue weighted by Gasteiger charge is -2.27. The molecule has 1 fully saturated rings. The Morgan fingerprint density at radius 2 is 1.97 bits per heavy atom. The first kappa shape index (κ1) is 25.7. The zero-order valence-electron chi connectivity index (χ0n) is 21.5. The number of benzene rings is 1. The summed E-state index contributed by atoms with van der Waals surface area (Å²) in [6, 6.07) is 5.92. The Hall–Kier alpha value is -2.94. The molecular formula is C25H40N8O. The lowest BCUT2D eigenvalue weighted by atomic mass is 9.96. The maximum absolute atomic E-state index is 12.6. The molecular weight excluding hydrogens is 428 g/mol. The fourth-order valence-electron chi connectivity index (χ4n) is 3.90. The molecule has 0 radical (unpaired) electrons. The van der Waals surface area contributed by atoms with Crippen LogP contribution in [0.5, 0.6) is 0 Å². The van der Waals surface area contributed by atoms with Gasteiger partial charge >= 0.3 is 0 Å². The van der Waals surface area contributed by atoms with Crippen LogP contribution in [-0.2, 0) is 0 Å². The van der Waals surface area contributed by atoms with Crippen LogP contribution in [0.25, 0.3) is 0 Å². The third kappa shape index (κ3) is 7.55. The van der Waals surface area contributed by atoms with E-state index in [0.717, 1.165) is 50.1 Å². The summed E-state index contributed by atoms with van der Waals surface area (Å²) in [5.41, 5.74) is 2.50. The van der Waals surface area contributed by atoms with Crippen molar-refractivity contribution in [3.63, 3.8) is 0 Å². The Morgan fingerprint density at radius 1 is 1.21 bits per heavy atom. The zero-order valence-corrected chi connectivity index (χ0v) is 21.5. The molecule has 0 saturated carbocycles. The first-order chi connectivity index (χ1) is 16.1. The van der Waals surface area contributed by atoms with Crippen LogP contribution in [0.1, 0.15) is 62.9 Å². The Labute approximate surface area is 203 Å². The van der Waals surface area contributed by atoms with E-state index in [2.05, 4.69) is 58.8 Å². The molecule has 1 saturated heterocycles. The van der Waals surface area contributed by atoms with E-state index in [9.17, 15) is 4.79 Å². The Morgan fingerprint density at radius 3 is 2.65 bits per heavy atom. The van der Waals surface area contributed by atoms with Crippen molar-refractivity contribution in [2.45, 2.75) is 59.9 Å². The second-order valence-corrected chi connectivity index (χ2v) is 10.3. The number of aromatic nitrogens is 3. The zero-order chi connectivity index (χ0) is 24.7. The van der Waals surface area contributed by atoms with Gasteiger partial charge in [-0.25, -0.2) is 0 Å². The van der Waals surface area contributed by atoms with Crippen LogP contribution in [0.4, 0.5) is 23.5 Å². The molecule has 0 unspecified atom stereocenters. The van der Waals surface area contributed by atoms with Crippen molar-refractivity contribution in [1.82, 2.24) is 25.6 Å². The van der Waals surface area contributed by atoms with Crippen molar-refractivity contribution in [2.24, 2.45) is 5.41 Å². The molecule has 1 aliphatic rings. The molecule has 1 aromatic carbocycles. The van der Waals surface area contributed by atoms with E-state index in [1.54, 1.807) is 0 Å². The van der Waals surface area contributed by atoms with Crippen molar-refractivity contribution in [1.29, 1.82) is 0 Å². The summed E-state index contributed by atoms with van der Waals surface area (Å²) in [6.45, 7) is 14.0. The predicted molar refractivity (Wildman–Crippen MR) is 139 cm³/mol. The molecule has 1 aliphatic heterocycles. The minimum atomic E-state index is -0.0752. The molecule has 186 valence electrons. The number of unbranched alkanes of at least 4 members (excludes halogenated alkanes) is 1. The highest BCUT2D eigenvalue weighted by atomic mass is 16.1. The number of amides is 1. The number of rotatable bonds is 10. The van der Waals surface area contributed by atoms with Crippen LogP contribution < -0.4 is 26.2 Å². The van der Waals surface area contributed by atoms with E-state index >= 15 is 0 Å². The fraction of sp³-hybridized carbons (Fsp3) is 0.600. The molecule has 1 amide bonds. The van der Waals surface area contributed by atoms with Gasteiger partial charge < -0.3 is 26.2 Å². The minimum Gasteiger partial charge on any atom is -0.352 e. The molecule has 34 heavy (non-hydrogen) atoms. The minimum absolute atomic E-state index is 0.0752. The van der Waals surface area contributed by atoms with Crippen LogP contribution >= 0.6 is 0 Å². The van der Waals surface area contributed by atoms with Crippen molar-refractivity contribution in [2.75, 3.05) is 48.8 Å². The van der Waals surface area contributed by atoms with Gasteiger partial charge in [-0.1, -0.05) is 40.2 Å². The maximum atomic E-state index is 12.6. The van der Waals surface area contributed by atoms with Gasteiger partial charge in [0.15, 0.2) is 0 Å². The standard InChI is InChI=1S/C25H40N8O/c1-7-8-12-27-21(34)18-10-9-17(2)20(14-18)29-23-30-22(28-19-11-13-26-15-19)31-24(32-23)33(6)16-25(3,4)5/h9-10,14,19,26H,7-8,11-13,15-16H2,1-6H3,(H,27,34)(H2,28,29,30,31,32)/t19-/m0/s1. The molecule has 1 atom stereocenters. The number of anilines is 4. The molecule has 1 aromatic heterocycles. The monoisotopic (exact) mass is 468 g/mol. The smallest absolute Gasteiger partial charge is 0.251 e. The fourth-order valence-corrected chi connectivity index (χ4v) is 3.90. The SMILES string of the molecule is CCCCNC(=O)c1ccc(C)c(Nc2nc(N[C@H]3CCNC3)nc(N(C)CC(C)(C)C)n2)c1. The van der Waals surface area contributed by atoms with Gasteiger partial charge in [0.2, 0.25) is 17.8 Å². The normalized spacial score (nSPS) is 15.8. The Kier molecular flexibility index (Phi) is 8.66. The van der Waals surface area contributed by atoms with Crippen LogP contribution in [0.15, 0.2) is 18.2 Å². The Balaban J connectivity index is 1.86. The van der Waals surface area contributed by atoms with Gasteiger partial charge in [-0.3, -0.25) is 4.79 Å². The van der Waals surface area contributed by atoms with E-state index in [-0.39, 0.29) is 17.4 Å². The van der Waals surface area contributed by atoms with E-state index in [4.69, 9.17) is 9.97 Å². The van der Waals surface area contributed by atoms with Gasteiger partial charge in [-0.15, -0.1) is 0 Å². The van der Waals surface area contributed by atoms with E-state index in [0.29, 0.717) is 30.0 Å². The average Bonchev–Trinajstić information content (AvgIpc) is 3.27. The molecule has 3 rings (SSSR count). The van der Waals surface area contributed by atoms with Gasteiger partial charge in [0, 0.05) is 44.0 Å². The topological polar surface area (TPSA) is 107 Å². The molecule has 2 aromatic rings. The van der Waals surface area contributed by atoms with Crippen molar-refractivity contribution >= 4 is 29.4 Å². The number of aryl methyl sites for hydroxylation is 1. The lowest BCUT2D eigenvalue weighted by Crippen LogP contribution is -2.31. The van der Waals surface area contributed by atoms with Crippen molar-refractivity contribution < 1.29 is 4.79 Å². The second kappa shape index (κ2) is 11.5. The van der Waals surface area contributed by atoms with Gasteiger partial charge in [0.05, 0.1) is 0 Å². The molecule has 4 N–H and O–H groups in total. The van der Waals surface area contributed by atoms with E-state index < -0.39 is 0 Å². The molecule has 9 heteroatoms. The largest absolute Gasteiger partial charge is 0.352 e. The van der Waals surface area contributed by atoms with Gasteiger partial charge in [-0.05, 0) is 49.4 Å². The first-order valence-electron chi connectivity index (χ1n) is 12.2. The first-order valence-corrected chi connectivity index (χ1v) is 12.2. The molecule has 9 nitrogen and oxygen atoms in total. The van der Waals surface area contributed by atoms with Crippen LogP contribution in [0.3, 0.4) is 0 Å². The average molecular weight is 469 g/mol. The summed E-state index contributed by atoms with van der Waals surface area (Å²) in [5.74, 6) is 1.53. The van der Waals surface area contributed by atoms with E-state index in [1.807, 2.05) is 32.2 Å². The maximum Gasteiger partial charge on any atom is 0.251 e. The summed E-state index contributed by atoms with van der Waals surface area (Å²) in [5, 5.41) is 13.1. The summed E-state index contributed by atoms with van der Waals surface area (Å²) in [7, 11) is 2.00. The summed E-state index contributed by atoms with van der Waals surface area (Å²) < 4.78 is 0. The summed E-state index contributed by atoms with van der Waals surface area (Å²) in [4.78, 5) is 28.6. The quantitative estimate of drug-likeness (QED) is 0.391. The number of nitrogens with zero attached hydrogens (tertiary/aromatic N) is 4. The number of hydrogen-bond acceptors (Lipinski definition) is 8. The highest BCUT2D eigenvalue weighted by Crippen LogP contribution is 2.24. The highest BCUT2D eigenvalue weighted by Gasteiger charge is 2.20. The third-order valence-electron chi connectivity index (χ3n) is 5.63. The van der Waals surface area contributed by atoms with Crippen molar-refractivity contribution in [3.05, 3.63) is 29.3 Å². The molecule has 0 aliphatic carbocycles. The summed E-state index contributed by atoms with van der Waals surface area (Å²) >= 11 is 0. The number of carbonyl (C=O) groups is 1. The van der Waals surface area contributed by atoms with Crippen molar-refractivity contribution in [3.8, 4) is 0 Å². The molecule has 2 heterocycles. The molecule has 0 bridgehead atoms. The van der Waals surface area contributed by atoms with Crippen LogP contribution in [0, 0.1) is 12.3 Å². The van der Waals surface area contributed by atoms with Crippen LogP contribution in [0.2, 0.25) is 0 Å². The van der Waals surface area contributed by atoms with E-state index in [1.165, 1.54) is 0 Å². The predicted octanol–water partition coefficient (Wildman–Crippen LogP) is 3.71. The van der Waals surface area contributed by atoms with Gasteiger partial charge in [0.25, 0.3) is 5.91 Å².